The van der Waals surface area contributed by atoms with Crippen molar-refractivity contribution in [1.29, 1.82) is 0 Å². The smallest absolute Gasteiger partial charge is 0.327 e. The van der Waals surface area contributed by atoms with Gasteiger partial charge in [0.2, 0.25) is 0 Å². The molecule has 2 aliphatic rings. The van der Waals surface area contributed by atoms with Gasteiger partial charge in [-0.1, -0.05) is 31.9 Å². The summed E-state index contributed by atoms with van der Waals surface area (Å²) in [4.78, 5) is 24.3. The quantitative estimate of drug-likeness (QED) is 0.571. The Morgan fingerprint density at radius 3 is 2.53 bits per heavy atom. The Hall–Kier alpha value is 0.250. The summed E-state index contributed by atoms with van der Waals surface area (Å²) in [7, 11) is 0. The molecule has 0 bridgehead atoms. The van der Waals surface area contributed by atoms with Crippen LogP contribution in [0.4, 0.5) is 0 Å². The van der Waals surface area contributed by atoms with Gasteiger partial charge in [-0.25, -0.2) is 4.79 Å². The molecule has 0 aromatic rings. The second kappa shape index (κ2) is 3.13. The zero-order valence-electron chi connectivity index (χ0n) is 8.03. The molecule has 2 rings (SSSR count). The summed E-state index contributed by atoms with van der Waals surface area (Å²) in [5.41, 5.74) is 0. The van der Waals surface area contributed by atoms with E-state index in [9.17, 15) is 9.59 Å². The van der Waals surface area contributed by atoms with Crippen molar-refractivity contribution in [1.82, 2.24) is 4.90 Å². The van der Waals surface area contributed by atoms with Crippen LogP contribution in [0.25, 0.3) is 0 Å². The summed E-state index contributed by atoms with van der Waals surface area (Å²) in [5, 5.41) is 8.97. The zero-order chi connectivity index (χ0) is 11.6. The molecule has 2 saturated heterocycles. The van der Waals surface area contributed by atoms with Crippen LogP contribution in [0, 0.1) is 0 Å². The molecule has 0 radical (unpaired) electrons. The van der Waals surface area contributed by atoms with Gasteiger partial charge in [0.25, 0.3) is 5.91 Å². The van der Waals surface area contributed by atoms with Crippen LogP contribution >= 0.6 is 43.6 Å². The Labute approximate surface area is 108 Å². The SMILES string of the molecule is CC1(C)S[C@H]2N(C(=O)C2(Br)Br)C1C(=O)O. The number of amides is 1. The maximum Gasteiger partial charge on any atom is 0.327 e. The topological polar surface area (TPSA) is 57.6 Å². The first-order valence-electron chi connectivity index (χ1n) is 4.31. The molecule has 7 heteroatoms. The number of halogens is 2. The van der Waals surface area contributed by atoms with Gasteiger partial charge in [-0.2, -0.15) is 0 Å². The van der Waals surface area contributed by atoms with Crippen molar-refractivity contribution in [3.63, 3.8) is 0 Å². The van der Waals surface area contributed by atoms with Crippen LogP contribution in [0.15, 0.2) is 0 Å². The van der Waals surface area contributed by atoms with Crippen molar-refractivity contribution >= 4 is 55.5 Å². The number of carboxylic acids is 1. The van der Waals surface area contributed by atoms with E-state index in [0.717, 1.165) is 0 Å². The van der Waals surface area contributed by atoms with Gasteiger partial charge in [0.15, 0.2) is 3.23 Å². The van der Waals surface area contributed by atoms with Gasteiger partial charge in [-0.3, -0.25) is 4.79 Å². The fourth-order valence-electron chi connectivity index (χ4n) is 1.98. The second-order valence-electron chi connectivity index (χ2n) is 4.15. The number of β-lactam (4-membered cyclic amide) rings is 1. The van der Waals surface area contributed by atoms with Gasteiger partial charge < -0.3 is 10.0 Å². The summed E-state index contributed by atoms with van der Waals surface area (Å²) in [6, 6.07) is -0.747. The summed E-state index contributed by atoms with van der Waals surface area (Å²) in [6.07, 6.45) is 0. The average Bonchev–Trinajstić information content (AvgIpc) is 2.35. The highest BCUT2D eigenvalue weighted by Crippen LogP contribution is 2.60. The Bertz CT molecular complexity index is 358. The summed E-state index contributed by atoms with van der Waals surface area (Å²) >= 11 is 8.05. The van der Waals surface area contributed by atoms with E-state index in [4.69, 9.17) is 5.11 Å². The third-order valence-corrected chi connectivity index (χ3v) is 6.45. The van der Waals surface area contributed by atoms with E-state index in [1.807, 2.05) is 13.8 Å². The molecule has 84 valence electrons. The number of carbonyl (C=O) groups excluding carboxylic acids is 1. The Morgan fingerprint density at radius 1 is 1.53 bits per heavy atom. The summed E-state index contributed by atoms with van der Waals surface area (Å²) in [6.45, 7) is 3.69. The normalized spacial score (nSPS) is 36.0. The molecule has 2 heterocycles. The molecule has 1 unspecified atom stereocenters. The van der Waals surface area contributed by atoms with Crippen LogP contribution < -0.4 is 0 Å². The van der Waals surface area contributed by atoms with E-state index < -0.39 is 20.0 Å². The Kier molecular flexibility index (Phi) is 2.45. The third kappa shape index (κ3) is 1.39. The highest BCUT2D eigenvalue weighted by Gasteiger charge is 2.69. The molecule has 4 nitrogen and oxygen atoms in total. The minimum atomic E-state index is -0.946. The Balaban J connectivity index is 2.37. The molecule has 2 fully saturated rings. The predicted molar refractivity (Wildman–Crippen MR) is 64.3 cm³/mol. The third-order valence-electron chi connectivity index (χ3n) is 2.67. The van der Waals surface area contributed by atoms with E-state index in [-0.39, 0.29) is 11.3 Å². The molecule has 1 N–H and O–H groups in total. The largest absolute Gasteiger partial charge is 0.480 e. The van der Waals surface area contributed by atoms with Crippen LogP contribution in [0.2, 0.25) is 0 Å². The molecule has 15 heavy (non-hydrogen) atoms. The zero-order valence-corrected chi connectivity index (χ0v) is 12.0. The number of carbonyl (C=O) groups is 2. The molecule has 0 aliphatic carbocycles. The number of hydrogen-bond donors (Lipinski definition) is 1. The molecule has 1 amide bonds. The standard InChI is InChI=1S/C8H9Br2NO3S/c1-7(2)3(4(12)13)11-5(14)8(9,10)6(11)15-7/h3,6H,1-2H3,(H,12,13)/t3?,6-/m1/s1. The lowest BCUT2D eigenvalue weighted by atomic mass is 9.98. The average molecular weight is 359 g/mol. The highest BCUT2D eigenvalue weighted by atomic mass is 79.9. The van der Waals surface area contributed by atoms with E-state index in [1.165, 1.54) is 16.7 Å². The van der Waals surface area contributed by atoms with E-state index in [0.29, 0.717) is 0 Å². The van der Waals surface area contributed by atoms with Gasteiger partial charge >= 0.3 is 5.97 Å². The maximum absolute atomic E-state index is 11.7. The fraction of sp³-hybridized carbons (Fsp3) is 0.750. The van der Waals surface area contributed by atoms with Crippen molar-refractivity contribution in [2.45, 2.75) is 33.2 Å². The number of alkyl halides is 2. The second-order valence-corrected chi connectivity index (χ2v) is 9.45. The number of nitrogens with zero attached hydrogens (tertiary/aromatic N) is 1. The number of hydrogen-bond acceptors (Lipinski definition) is 3. The van der Waals surface area contributed by atoms with Crippen LogP contribution in [-0.4, -0.2) is 41.3 Å². The van der Waals surface area contributed by atoms with E-state index >= 15 is 0 Å². The number of aliphatic carboxylic acids is 1. The first-order valence-corrected chi connectivity index (χ1v) is 6.77. The molecule has 0 aromatic carbocycles. The van der Waals surface area contributed by atoms with Crippen LogP contribution in [0.3, 0.4) is 0 Å². The highest BCUT2D eigenvalue weighted by molar-refractivity contribution is 9.26. The first kappa shape index (κ1) is 11.7. The van der Waals surface area contributed by atoms with Crippen molar-refractivity contribution < 1.29 is 14.7 Å². The van der Waals surface area contributed by atoms with E-state index in [2.05, 4.69) is 31.9 Å². The molecule has 0 saturated carbocycles. The maximum atomic E-state index is 11.7. The fourth-order valence-corrected chi connectivity index (χ4v) is 4.89. The lowest BCUT2D eigenvalue weighted by Gasteiger charge is -2.46. The van der Waals surface area contributed by atoms with Gasteiger partial charge in [-0.15, -0.1) is 11.8 Å². The van der Waals surface area contributed by atoms with Crippen molar-refractivity contribution in [3.8, 4) is 0 Å². The molecule has 0 aromatic heterocycles. The van der Waals surface area contributed by atoms with E-state index in [1.54, 1.807) is 0 Å². The van der Waals surface area contributed by atoms with Crippen LogP contribution in [-0.2, 0) is 9.59 Å². The van der Waals surface area contributed by atoms with Crippen molar-refractivity contribution in [3.05, 3.63) is 0 Å². The molecule has 2 aliphatic heterocycles. The lowest BCUT2D eigenvalue weighted by molar-refractivity contribution is -0.157. The number of thioether (sulfide) groups is 1. The summed E-state index contributed by atoms with van der Waals surface area (Å²) in [5.74, 6) is -1.16. The molecular formula is C8H9Br2NO3S. The molecule has 0 spiro atoms. The van der Waals surface area contributed by atoms with Gasteiger partial charge in [0, 0.05) is 4.75 Å². The monoisotopic (exact) mass is 357 g/mol. The van der Waals surface area contributed by atoms with Crippen LogP contribution in [0.1, 0.15) is 13.8 Å². The van der Waals surface area contributed by atoms with Crippen LogP contribution in [0.5, 0.6) is 0 Å². The lowest BCUT2D eigenvalue weighted by Crippen LogP contribution is -2.68. The predicted octanol–water partition coefficient (Wildman–Crippen LogP) is 1.62. The molecular weight excluding hydrogens is 350 g/mol. The minimum absolute atomic E-state index is 0.152. The van der Waals surface area contributed by atoms with Gasteiger partial charge in [0.05, 0.1) is 0 Å². The van der Waals surface area contributed by atoms with Crippen molar-refractivity contribution in [2.24, 2.45) is 0 Å². The Morgan fingerprint density at radius 2 is 2.07 bits per heavy atom. The van der Waals surface area contributed by atoms with Crippen molar-refractivity contribution in [2.75, 3.05) is 0 Å². The van der Waals surface area contributed by atoms with Gasteiger partial charge in [0.1, 0.15) is 11.4 Å². The molecule has 2 atom stereocenters. The minimum Gasteiger partial charge on any atom is -0.480 e. The first-order chi connectivity index (χ1) is 6.69. The number of carboxylic acid groups (broad SMARTS) is 1. The number of rotatable bonds is 1. The number of fused-ring (bicyclic) bond motifs is 1. The summed E-state index contributed by atoms with van der Waals surface area (Å²) < 4.78 is -1.25. The van der Waals surface area contributed by atoms with Gasteiger partial charge in [-0.05, 0) is 13.8 Å².